The Morgan fingerprint density at radius 3 is 3.07 bits per heavy atom. The van der Waals surface area contributed by atoms with Gasteiger partial charge >= 0.3 is 0 Å². The van der Waals surface area contributed by atoms with Crippen LogP contribution in [0.4, 0.5) is 0 Å². The molecule has 0 radical (unpaired) electrons. The average Bonchev–Trinajstić information content (AvgIpc) is 2.61. The quantitative estimate of drug-likeness (QED) is 0.698. The molecule has 3 nitrogen and oxygen atoms in total. The fourth-order valence-corrected chi connectivity index (χ4v) is 1.44. The van der Waals surface area contributed by atoms with Gasteiger partial charge in [0.15, 0.2) is 0 Å². The molecule has 0 atom stereocenters. The molecule has 14 heavy (non-hydrogen) atoms. The number of nitrogens with zero attached hydrogens (tertiary/aromatic N) is 2. The second kappa shape index (κ2) is 6.22. The van der Waals surface area contributed by atoms with Crippen molar-refractivity contribution in [3.63, 3.8) is 0 Å². The van der Waals surface area contributed by atoms with E-state index in [9.17, 15) is 0 Å². The monoisotopic (exact) mass is 191 g/mol. The second-order valence-electron chi connectivity index (χ2n) is 3.40. The maximum absolute atomic E-state index is 8.37. The summed E-state index contributed by atoms with van der Waals surface area (Å²) >= 11 is 0. The molecule has 0 aliphatic carbocycles. The van der Waals surface area contributed by atoms with Gasteiger partial charge < -0.3 is 9.88 Å². The average molecular weight is 191 g/mol. The lowest BCUT2D eigenvalue weighted by Gasteiger charge is -2.00. The predicted octanol–water partition coefficient (Wildman–Crippen LogP) is 1.90. The SMILES string of the molecule is CNCc1ccn(CCCCC#N)c1. The van der Waals surface area contributed by atoms with E-state index in [1.165, 1.54) is 5.56 Å². The minimum absolute atomic E-state index is 0.671. The molecule has 0 saturated heterocycles. The van der Waals surface area contributed by atoms with E-state index in [4.69, 9.17) is 5.26 Å². The number of hydrogen-bond donors (Lipinski definition) is 1. The molecule has 0 spiro atoms. The molecule has 1 heterocycles. The third-order valence-corrected chi connectivity index (χ3v) is 2.15. The highest BCUT2D eigenvalue weighted by Gasteiger charge is 1.95. The molecule has 1 aromatic heterocycles. The van der Waals surface area contributed by atoms with Crippen molar-refractivity contribution in [3.8, 4) is 6.07 Å². The highest BCUT2D eigenvalue weighted by molar-refractivity contribution is 5.09. The van der Waals surface area contributed by atoms with E-state index in [-0.39, 0.29) is 0 Å². The number of hydrogen-bond acceptors (Lipinski definition) is 2. The molecule has 3 heteroatoms. The molecule has 1 rings (SSSR count). The van der Waals surface area contributed by atoms with E-state index in [0.717, 1.165) is 25.9 Å². The van der Waals surface area contributed by atoms with Crippen molar-refractivity contribution in [3.05, 3.63) is 24.0 Å². The van der Waals surface area contributed by atoms with Crippen LogP contribution in [0.5, 0.6) is 0 Å². The van der Waals surface area contributed by atoms with Crippen LogP contribution in [0.1, 0.15) is 24.8 Å². The number of unbranched alkanes of at least 4 members (excludes halogenated alkanes) is 2. The van der Waals surface area contributed by atoms with Gasteiger partial charge in [-0.2, -0.15) is 5.26 Å². The molecule has 0 aromatic carbocycles. The molecule has 1 aromatic rings. The zero-order valence-corrected chi connectivity index (χ0v) is 8.66. The normalized spacial score (nSPS) is 10.0. The van der Waals surface area contributed by atoms with Crippen molar-refractivity contribution in [2.45, 2.75) is 32.4 Å². The molecule has 76 valence electrons. The van der Waals surface area contributed by atoms with Crippen LogP contribution in [0.3, 0.4) is 0 Å². The van der Waals surface area contributed by atoms with Crippen molar-refractivity contribution < 1.29 is 0 Å². The molecule has 0 saturated carbocycles. The van der Waals surface area contributed by atoms with Crippen LogP contribution in [0.25, 0.3) is 0 Å². The molecule has 0 fully saturated rings. The summed E-state index contributed by atoms with van der Waals surface area (Å²) in [5, 5.41) is 11.5. The van der Waals surface area contributed by atoms with E-state index < -0.39 is 0 Å². The van der Waals surface area contributed by atoms with Crippen LogP contribution in [0.15, 0.2) is 18.5 Å². The van der Waals surface area contributed by atoms with Gasteiger partial charge in [0.05, 0.1) is 6.07 Å². The third kappa shape index (κ3) is 3.63. The van der Waals surface area contributed by atoms with Gasteiger partial charge in [0.2, 0.25) is 0 Å². The summed E-state index contributed by atoms with van der Waals surface area (Å²) in [4.78, 5) is 0. The number of nitriles is 1. The Morgan fingerprint density at radius 1 is 1.50 bits per heavy atom. The van der Waals surface area contributed by atoms with Gasteiger partial charge in [-0.05, 0) is 31.5 Å². The first-order valence-corrected chi connectivity index (χ1v) is 5.03. The first-order chi connectivity index (χ1) is 6.86. The minimum Gasteiger partial charge on any atom is -0.354 e. The van der Waals surface area contributed by atoms with Gasteiger partial charge in [-0.3, -0.25) is 0 Å². The summed E-state index contributed by atoms with van der Waals surface area (Å²) in [5.74, 6) is 0. The van der Waals surface area contributed by atoms with E-state index in [1.54, 1.807) is 0 Å². The van der Waals surface area contributed by atoms with Crippen LogP contribution in [0, 0.1) is 11.3 Å². The Kier molecular flexibility index (Phi) is 4.81. The Bertz CT molecular complexity index is 296. The van der Waals surface area contributed by atoms with Crippen molar-refractivity contribution in [1.29, 1.82) is 5.26 Å². The molecule has 0 unspecified atom stereocenters. The number of aryl methyl sites for hydroxylation is 1. The first kappa shape index (κ1) is 10.8. The van der Waals surface area contributed by atoms with Crippen molar-refractivity contribution in [2.75, 3.05) is 7.05 Å². The van der Waals surface area contributed by atoms with Gasteiger partial charge in [-0.1, -0.05) is 0 Å². The second-order valence-corrected chi connectivity index (χ2v) is 3.40. The fourth-order valence-electron chi connectivity index (χ4n) is 1.44. The van der Waals surface area contributed by atoms with Gasteiger partial charge in [-0.25, -0.2) is 0 Å². The van der Waals surface area contributed by atoms with E-state index in [2.05, 4.69) is 34.4 Å². The summed E-state index contributed by atoms with van der Waals surface area (Å²) in [7, 11) is 1.95. The van der Waals surface area contributed by atoms with Crippen molar-refractivity contribution in [1.82, 2.24) is 9.88 Å². The van der Waals surface area contributed by atoms with Gasteiger partial charge in [0.1, 0.15) is 0 Å². The Labute approximate surface area is 85.3 Å². The summed E-state index contributed by atoms with van der Waals surface area (Å²) < 4.78 is 2.18. The maximum atomic E-state index is 8.37. The van der Waals surface area contributed by atoms with Crippen molar-refractivity contribution >= 4 is 0 Å². The van der Waals surface area contributed by atoms with E-state index in [1.807, 2.05) is 7.05 Å². The summed E-state index contributed by atoms with van der Waals surface area (Å²) in [5.41, 5.74) is 1.31. The number of rotatable bonds is 6. The lowest BCUT2D eigenvalue weighted by atomic mass is 10.2. The summed E-state index contributed by atoms with van der Waals surface area (Å²) in [6.45, 7) is 1.94. The number of nitrogens with one attached hydrogen (secondary N) is 1. The minimum atomic E-state index is 0.671. The highest BCUT2D eigenvalue weighted by atomic mass is 14.9. The zero-order chi connectivity index (χ0) is 10.2. The standard InChI is InChI=1S/C11H17N3/c1-13-9-11-5-8-14(10-11)7-4-2-3-6-12/h5,8,10,13H,2-4,7,9H2,1H3. The molecule has 0 amide bonds. The van der Waals surface area contributed by atoms with Gasteiger partial charge in [-0.15, -0.1) is 0 Å². The van der Waals surface area contributed by atoms with Crippen LogP contribution in [-0.2, 0) is 13.1 Å². The maximum Gasteiger partial charge on any atom is 0.0621 e. The van der Waals surface area contributed by atoms with Crippen LogP contribution in [-0.4, -0.2) is 11.6 Å². The largest absolute Gasteiger partial charge is 0.354 e. The van der Waals surface area contributed by atoms with Gasteiger partial charge in [0, 0.05) is 31.9 Å². The zero-order valence-electron chi connectivity index (χ0n) is 8.66. The van der Waals surface area contributed by atoms with Crippen molar-refractivity contribution in [2.24, 2.45) is 0 Å². The molecule has 1 N–H and O–H groups in total. The lowest BCUT2D eigenvalue weighted by Crippen LogP contribution is -2.04. The lowest BCUT2D eigenvalue weighted by molar-refractivity contribution is 0.617. The third-order valence-electron chi connectivity index (χ3n) is 2.15. The van der Waals surface area contributed by atoms with E-state index in [0.29, 0.717) is 6.42 Å². The topological polar surface area (TPSA) is 40.8 Å². The van der Waals surface area contributed by atoms with Crippen LogP contribution >= 0.6 is 0 Å². The van der Waals surface area contributed by atoms with Crippen LogP contribution in [0.2, 0.25) is 0 Å². The molecular weight excluding hydrogens is 174 g/mol. The Balaban J connectivity index is 2.26. The highest BCUT2D eigenvalue weighted by Crippen LogP contribution is 2.03. The first-order valence-electron chi connectivity index (χ1n) is 5.03. The van der Waals surface area contributed by atoms with E-state index >= 15 is 0 Å². The fraction of sp³-hybridized carbons (Fsp3) is 0.545. The molecule has 0 bridgehead atoms. The van der Waals surface area contributed by atoms with Crippen LogP contribution < -0.4 is 5.32 Å². The Hall–Kier alpha value is -1.27. The summed E-state index contributed by atoms with van der Waals surface area (Å²) in [6.07, 6.45) is 7.00. The smallest absolute Gasteiger partial charge is 0.0621 e. The summed E-state index contributed by atoms with van der Waals surface area (Å²) in [6, 6.07) is 4.29. The van der Waals surface area contributed by atoms with Gasteiger partial charge in [0.25, 0.3) is 0 Å². The predicted molar refractivity (Wildman–Crippen MR) is 56.7 cm³/mol. The number of aromatic nitrogens is 1. The Morgan fingerprint density at radius 2 is 2.36 bits per heavy atom. The molecular formula is C11H17N3. The molecule has 0 aliphatic rings. The molecule has 0 aliphatic heterocycles.